The Morgan fingerprint density at radius 2 is 1.61 bits per heavy atom. The number of alkyl halides is 3. The van der Waals surface area contributed by atoms with Gasteiger partial charge < -0.3 is 4.74 Å². The van der Waals surface area contributed by atoms with Crippen molar-refractivity contribution in [3.63, 3.8) is 0 Å². The molecular formula is C17H18F3N2O+. The molecule has 0 saturated heterocycles. The number of hydrogen-bond acceptors (Lipinski definition) is 2. The van der Waals surface area contributed by atoms with Gasteiger partial charge in [0, 0.05) is 11.1 Å². The summed E-state index contributed by atoms with van der Waals surface area (Å²) in [5, 5.41) is 3.72. The molecule has 6 heteroatoms. The van der Waals surface area contributed by atoms with E-state index in [0.29, 0.717) is 11.3 Å². The summed E-state index contributed by atoms with van der Waals surface area (Å²) >= 11 is 0. The zero-order chi connectivity index (χ0) is 17.3. The van der Waals surface area contributed by atoms with Crippen molar-refractivity contribution >= 4 is 5.69 Å². The minimum Gasteiger partial charge on any atom is -0.405 e. The summed E-state index contributed by atoms with van der Waals surface area (Å²) in [6, 6.07) is 11.3. The highest BCUT2D eigenvalue weighted by atomic mass is 19.4. The number of benzene rings is 2. The van der Waals surface area contributed by atoms with Crippen molar-refractivity contribution in [2.24, 2.45) is 5.11 Å². The van der Waals surface area contributed by atoms with Crippen molar-refractivity contribution in [3.8, 4) is 16.9 Å². The van der Waals surface area contributed by atoms with Gasteiger partial charge in [-0.1, -0.05) is 51.1 Å². The third-order valence-corrected chi connectivity index (χ3v) is 3.41. The van der Waals surface area contributed by atoms with Crippen molar-refractivity contribution < 1.29 is 23.4 Å². The Morgan fingerprint density at radius 3 is 2.17 bits per heavy atom. The van der Waals surface area contributed by atoms with E-state index < -0.39 is 6.36 Å². The van der Waals surface area contributed by atoms with E-state index in [1.807, 2.05) is 26.8 Å². The summed E-state index contributed by atoms with van der Waals surface area (Å²) < 4.78 is 41.8. The number of rotatable bonds is 3. The van der Waals surface area contributed by atoms with Crippen molar-refractivity contribution in [3.05, 3.63) is 48.0 Å². The molecule has 122 valence electrons. The highest BCUT2D eigenvalue weighted by Crippen LogP contribution is 2.40. The van der Waals surface area contributed by atoms with E-state index in [2.05, 4.69) is 9.85 Å². The normalized spacial score (nSPS) is 12.1. The van der Waals surface area contributed by atoms with E-state index in [-0.39, 0.29) is 16.7 Å². The predicted molar refractivity (Wildman–Crippen MR) is 81.3 cm³/mol. The molecule has 0 amide bonds. The second-order valence-electron chi connectivity index (χ2n) is 6.15. The van der Waals surface area contributed by atoms with Crippen LogP contribution in [0.4, 0.5) is 18.9 Å². The maximum Gasteiger partial charge on any atom is 0.573 e. The number of nitrogens with zero attached hydrogens (tertiary/aromatic N) is 1. The number of para-hydroxylation sites is 1. The van der Waals surface area contributed by atoms with Gasteiger partial charge >= 0.3 is 6.36 Å². The minimum absolute atomic E-state index is 0.125. The fourth-order valence-electron chi connectivity index (χ4n) is 2.24. The zero-order valence-corrected chi connectivity index (χ0v) is 13.1. The molecule has 0 heterocycles. The second kappa shape index (κ2) is 6.02. The maximum absolute atomic E-state index is 12.6. The van der Waals surface area contributed by atoms with Gasteiger partial charge in [-0.3, -0.25) is 0 Å². The largest absolute Gasteiger partial charge is 0.573 e. The molecule has 0 spiro atoms. The van der Waals surface area contributed by atoms with Crippen LogP contribution < -0.4 is 10.3 Å². The topological polar surface area (TPSA) is 47.2 Å². The molecule has 0 bridgehead atoms. The standard InChI is InChI=1S/C17H17F3N2O/c1-16(2,3)11-8-9-12(14(10-11)22-21)13-6-4-5-7-15(13)23-17(18,19)20/h4-10,21H,1-3H3/p+1. The van der Waals surface area contributed by atoms with Crippen LogP contribution in [0.2, 0.25) is 0 Å². The number of ether oxygens (including phenoxy) is 1. The Morgan fingerprint density at radius 1 is 0.957 bits per heavy atom. The van der Waals surface area contributed by atoms with Crippen LogP contribution in [0.5, 0.6) is 5.75 Å². The predicted octanol–water partition coefficient (Wildman–Crippen LogP) is 4.39. The van der Waals surface area contributed by atoms with Gasteiger partial charge in [-0.15, -0.1) is 13.2 Å². The molecule has 0 radical (unpaired) electrons. The molecule has 0 fully saturated rings. The first-order valence-electron chi connectivity index (χ1n) is 7.02. The van der Waals surface area contributed by atoms with Gasteiger partial charge in [0.1, 0.15) is 11.4 Å². The van der Waals surface area contributed by atoms with Crippen LogP contribution in [0.15, 0.2) is 47.6 Å². The van der Waals surface area contributed by atoms with Crippen molar-refractivity contribution in [2.75, 3.05) is 0 Å². The third-order valence-electron chi connectivity index (χ3n) is 3.41. The van der Waals surface area contributed by atoms with Crippen LogP contribution in [0, 0.1) is 0 Å². The molecule has 0 saturated carbocycles. The van der Waals surface area contributed by atoms with Gasteiger partial charge in [0.25, 0.3) is 0 Å². The molecular weight excluding hydrogens is 305 g/mol. The Hall–Kier alpha value is -2.37. The van der Waals surface area contributed by atoms with Crippen LogP contribution in [-0.4, -0.2) is 6.36 Å². The highest BCUT2D eigenvalue weighted by Gasteiger charge is 2.32. The van der Waals surface area contributed by atoms with E-state index in [4.69, 9.17) is 5.53 Å². The average molecular weight is 323 g/mol. The molecule has 2 rings (SSSR count). The average Bonchev–Trinajstić information content (AvgIpc) is 2.44. The van der Waals surface area contributed by atoms with Crippen molar-refractivity contribution in [1.82, 2.24) is 0 Å². The Labute approximate surface area is 132 Å². The number of hydrogen-bond donors (Lipinski definition) is 1. The third kappa shape index (κ3) is 4.09. The molecule has 0 atom stereocenters. The van der Waals surface area contributed by atoms with E-state index >= 15 is 0 Å². The summed E-state index contributed by atoms with van der Waals surface area (Å²) in [5.41, 5.74) is 7.49. The Balaban J connectivity index is 2.57. The lowest BCUT2D eigenvalue weighted by molar-refractivity contribution is -0.274. The Bertz CT molecular complexity index is 719. The van der Waals surface area contributed by atoms with Crippen LogP contribution in [0.25, 0.3) is 11.1 Å². The second-order valence-corrected chi connectivity index (χ2v) is 6.15. The van der Waals surface area contributed by atoms with E-state index in [1.165, 1.54) is 12.1 Å². The summed E-state index contributed by atoms with van der Waals surface area (Å²) in [6.45, 7) is 6.09. The van der Waals surface area contributed by atoms with Gasteiger partial charge in [-0.2, -0.15) is 5.53 Å². The van der Waals surface area contributed by atoms with Crippen molar-refractivity contribution in [2.45, 2.75) is 32.5 Å². The SMILES string of the molecule is CC(C)(C)c1ccc(-c2ccccc2OC(F)(F)F)c(N=[NH2+])c1. The van der Waals surface area contributed by atoms with Gasteiger partial charge in [0.2, 0.25) is 0 Å². The smallest absolute Gasteiger partial charge is 0.405 e. The van der Waals surface area contributed by atoms with Gasteiger partial charge in [-0.25, -0.2) is 0 Å². The maximum atomic E-state index is 12.6. The molecule has 2 N–H and O–H groups in total. The van der Waals surface area contributed by atoms with Crippen LogP contribution in [-0.2, 0) is 5.41 Å². The molecule has 0 aliphatic rings. The monoisotopic (exact) mass is 323 g/mol. The van der Waals surface area contributed by atoms with Crippen LogP contribution in [0.3, 0.4) is 0 Å². The van der Waals surface area contributed by atoms with Crippen LogP contribution >= 0.6 is 0 Å². The fraction of sp³-hybridized carbons (Fsp3) is 0.294. The summed E-state index contributed by atoms with van der Waals surface area (Å²) in [5.74, 6) is -0.284. The molecule has 0 aliphatic heterocycles. The number of halogens is 3. The molecule has 0 aromatic heterocycles. The molecule has 0 unspecified atom stereocenters. The van der Waals surface area contributed by atoms with Crippen molar-refractivity contribution in [1.29, 1.82) is 0 Å². The Kier molecular flexibility index (Phi) is 4.45. The van der Waals surface area contributed by atoms with Gasteiger partial charge in [0.15, 0.2) is 0 Å². The lowest BCUT2D eigenvalue weighted by Crippen LogP contribution is -2.22. The molecule has 2 aromatic rings. The first-order valence-corrected chi connectivity index (χ1v) is 7.02. The van der Waals surface area contributed by atoms with Gasteiger partial charge in [0.05, 0.1) is 0 Å². The molecule has 3 nitrogen and oxygen atoms in total. The zero-order valence-electron chi connectivity index (χ0n) is 13.1. The molecule has 2 aromatic carbocycles. The summed E-state index contributed by atoms with van der Waals surface area (Å²) in [7, 11) is 0. The summed E-state index contributed by atoms with van der Waals surface area (Å²) in [4.78, 5) is 0. The van der Waals surface area contributed by atoms with E-state index in [1.54, 1.807) is 24.3 Å². The quantitative estimate of drug-likeness (QED) is 0.837. The van der Waals surface area contributed by atoms with E-state index in [0.717, 1.165) is 5.56 Å². The first-order chi connectivity index (χ1) is 10.6. The number of nitrogens with two attached hydrogens (primary N) is 1. The lowest BCUT2D eigenvalue weighted by atomic mass is 9.85. The highest BCUT2D eigenvalue weighted by molar-refractivity contribution is 5.80. The fourth-order valence-corrected chi connectivity index (χ4v) is 2.24. The minimum atomic E-state index is -4.76. The van der Waals surface area contributed by atoms with Gasteiger partial charge in [-0.05, 0) is 28.2 Å². The molecule has 23 heavy (non-hydrogen) atoms. The lowest BCUT2D eigenvalue weighted by Gasteiger charge is -2.20. The first kappa shape index (κ1) is 17.0. The van der Waals surface area contributed by atoms with E-state index in [9.17, 15) is 13.2 Å². The summed E-state index contributed by atoms with van der Waals surface area (Å²) in [6.07, 6.45) is -4.76. The molecule has 0 aliphatic carbocycles. The van der Waals surface area contributed by atoms with Crippen LogP contribution in [0.1, 0.15) is 26.3 Å².